The molecule has 2 heterocycles. The van der Waals surface area contributed by atoms with Gasteiger partial charge in [0.1, 0.15) is 5.75 Å². The summed E-state index contributed by atoms with van der Waals surface area (Å²) >= 11 is 0. The van der Waals surface area contributed by atoms with E-state index in [1.807, 2.05) is 0 Å². The highest BCUT2D eigenvalue weighted by Gasteiger charge is 2.18. The smallest absolute Gasteiger partial charge is 0.262 e. The Bertz CT molecular complexity index is 620. The van der Waals surface area contributed by atoms with Crippen LogP contribution in [0.15, 0.2) is 30.6 Å². The number of ether oxygens (including phenoxy) is 1. The minimum absolute atomic E-state index is 0.00201. The molecule has 0 aliphatic carbocycles. The van der Waals surface area contributed by atoms with E-state index in [2.05, 4.69) is 15.5 Å². The van der Waals surface area contributed by atoms with Gasteiger partial charge in [0.15, 0.2) is 12.4 Å². The number of hydrogen-bond donors (Lipinski definition) is 2. The number of fused-ring (bicyclic) bond motifs is 1. The molecule has 1 aliphatic rings. The van der Waals surface area contributed by atoms with Crippen molar-refractivity contribution in [1.82, 2.24) is 10.2 Å². The zero-order valence-corrected chi connectivity index (χ0v) is 9.27. The SMILES string of the molecule is O=C1COc2ccc(C(=O)c3cn[nH]c3)cc2N1. The fraction of sp³-hybridized carbons (Fsp3) is 0.0833. The third-order valence-electron chi connectivity index (χ3n) is 2.64. The van der Waals surface area contributed by atoms with Gasteiger partial charge < -0.3 is 10.1 Å². The quantitative estimate of drug-likeness (QED) is 0.770. The van der Waals surface area contributed by atoms with Crippen LogP contribution >= 0.6 is 0 Å². The van der Waals surface area contributed by atoms with Gasteiger partial charge in [-0.25, -0.2) is 0 Å². The van der Waals surface area contributed by atoms with Gasteiger partial charge in [0.2, 0.25) is 0 Å². The Balaban J connectivity index is 1.97. The topological polar surface area (TPSA) is 84.1 Å². The zero-order chi connectivity index (χ0) is 12.5. The lowest BCUT2D eigenvalue weighted by molar-refractivity contribution is -0.118. The van der Waals surface area contributed by atoms with Crippen LogP contribution in [0.4, 0.5) is 5.69 Å². The maximum atomic E-state index is 12.1. The molecule has 0 saturated carbocycles. The molecule has 6 heteroatoms. The summed E-state index contributed by atoms with van der Waals surface area (Å²) in [5, 5.41) is 8.97. The van der Waals surface area contributed by atoms with E-state index >= 15 is 0 Å². The van der Waals surface area contributed by atoms with E-state index in [-0.39, 0.29) is 18.3 Å². The molecule has 0 radical (unpaired) electrons. The van der Waals surface area contributed by atoms with Crippen molar-refractivity contribution in [1.29, 1.82) is 0 Å². The summed E-state index contributed by atoms with van der Waals surface area (Å²) in [6.45, 7) is 0.00201. The molecular formula is C12H9N3O3. The number of anilines is 1. The number of nitrogens with one attached hydrogen (secondary N) is 2. The molecule has 0 saturated heterocycles. The minimum Gasteiger partial charge on any atom is -0.482 e. The molecule has 0 fully saturated rings. The second-order valence-electron chi connectivity index (χ2n) is 3.86. The molecule has 90 valence electrons. The van der Waals surface area contributed by atoms with Crippen molar-refractivity contribution in [3.05, 3.63) is 41.7 Å². The van der Waals surface area contributed by atoms with Gasteiger partial charge in [-0.15, -0.1) is 0 Å². The molecule has 0 unspecified atom stereocenters. The number of H-pyrrole nitrogens is 1. The number of carbonyl (C=O) groups is 2. The van der Waals surface area contributed by atoms with Crippen LogP contribution in [-0.2, 0) is 4.79 Å². The first-order valence-electron chi connectivity index (χ1n) is 5.34. The van der Waals surface area contributed by atoms with Crippen LogP contribution in [0.2, 0.25) is 0 Å². The van der Waals surface area contributed by atoms with Crippen LogP contribution in [0.3, 0.4) is 0 Å². The van der Waals surface area contributed by atoms with Crippen molar-refractivity contribution in [2.75, 3.05) is 11.9 Å². The van der Waals surface area contributed by atoms with E-state index in [4.69, 9.17) is 4.74 Å². The maximum absolute atomic E-state index is 12.1. The summed E-state index contributed by atoms with van der Waals surface area (Å²) in [5.41, 5.74) is 1.46. The summed E-state index contributed by atoms with van der Waals surface area (Å²) in [6.07, 6.45) is 2.98. The first-order chi connectivity index (χ1) is 8.74. The minimum atomic E-state index is -0.226. The second-order valence-corrected chi connectivity index (χ2v) is 3.86. The van der Waals surface area contributed by atoms with Gasteiger partial charge >= 0.3 is 0 Å². The average Bonchev–Trinajstić information content (AvgIpc) is 2.90. The number of aromatic nitrogens is 2. The van der Waals surface area contributed by atoms with E-state index in [0.717, 1.165) is 0 Å². The van der Waals surface area contributed by atoms with Crippen LogP contribution < -0.4 is 10.1 Å². The first-order valence-corrected chi connectivity index (χ1v) is 5.34. The molecule has 18 heavy (non-hydrogen) atoms. The Morgan fingerprint density at radius 3 is 3.00 bits per heavy atom. The molecule has 0 spiro atoms. The molecule has 2 N–H and O–H groups in total. The number of amides is 1. The highest BCUT2D eigenvalue weighted by atomic mass is 16.5. The highest BCUT2D eigenvalue weighted by molar-refractivity contribution is 6.10. The summed E-state index contributed by atoms with van der Waals surface area (Å²) < 4.78 is 5.22. The third kappa shape index (κ3) is 1.73. The number of rotatable bonds is 2. The number of nitrogens with zero attached hydrogens (tertiary/aromatic N) is 1. The summed E-state index contributed by atoms with van der Waals surface area (Å²) in [5.74, 6) is 0.181. The van der Waals surface area contributed by atoms with Crippen molar-refractivity contribution in [2.45, 2.75) is 0 Å². The van der Waals surface area contributed by atoms with Crippen LogP contribution in [-0.4, -0.2) is 28.5 Å². The lowest BCUT2D eigenvalue weighted by Gasteiger charge is -2.18. The van der Waals surface area contributed by atoms with E-state index < -0.39 is 0 Å². The van der Waals surface area contributed by atoms with Gasteiger partial charge in [-0.1, -0.05) is 0 Å². The summed E-state index contributed by atoms with van der Waals surface area (Å²) in [7, 11) is 0. The van der Waals surface area contributed by atoms with E-state index in [1.165, 1.54) is 12.4 Å². The van der Waals surface area contributed by atoms with Gasteiger partial charge in [0, 0.05) is 11.8 Å². The fourth-order valence-corrected chi connectivity index (χ4v) is 1.77. The Kier molecular flexibility index (Phi) is 2.33. The molecule has 2 aromatic rings. The van der Waals surface area contributed by atoms with Crippen molar-refractivity contribution < 1.29 is 14.3 Å². The largest absolute Gasteiger partial charge is 0.482 e. The first kappa shape index (κ1) is 10.5. The van der Waals surface area contributed by atoms with Crippen LogP contribution in [0.1, 0.15) is 15.9 Å². The third-order valence-corrected chi connectivity index (χ3v) is 2.64. The summed E-state index contributed by atoms with van der Waals surface area (Å²) in [6, 6.07) is 4.93. The Morgan fingerprint density at radius 1 is 1.33 bits per heavy atom. The standard InChI is InChI=1S/C12H9N3O3/c16-11-6-18-10-2-1-7(3-9(10)15-11)12(17)8-4-13-14-5-8/h1-5H,6H2,(H,13,14)(H,15,16). The van der Waals surface area contributed by atoms with E-state index in [1.54, 1.807) is 18.2 Å². The van der Waals surface area contributed by atoms with E-state index in [0.29, 0.717) is 22.6 Å². The predicted molar refractivity (Wildman–Crippen MR) is 62.6 cm³/mol. The van der Waals surface area contributed by atoms with Crippen LogP contribution in [0.25, 0.3) is 0 Å². The number of carbonyl (C=O) groups excluding carboxylic acids is 2. The average molecular weight is 243 g/mol. The normalized spacial score (nSPS) is 13.4. The summed E-state index contributed by atoms with van der Waals surface area (Å²) in [4.78, 5) is 23.3. The molecule has 1 aromatic carbocycles. The fourth-order valence-electron chi connectivity index (χ4n) is 1.77. The molecular weight excluding hydrogens is 234 g/mol. The Labute approximate surface area is 102 Å². The Hall–Kier alpha value is -2.63. The van der Waals surface area contributed by atoms with Gasteiger partial charge in [0.25, 0.3) is 5.91 Å². The van der Waals surface area contributed by atoms with Crippen molar-refractivity contribution in [3.8, 4) is 5.75 Å². The van der Waals surface area contributed by atoms with Gasteiger partial charge in [-0.3, -0.25) is 14.7 Å². The number of aromatic amines is 1. The second kappa shape index (κ2) is 3.99. The molecule has 6 nitrogen and oxygen atoms in total. The molecule has 3 rings (SSSR count). The van der Waals surface area contributed by atoms with E-state index in [9.17, 15) is 9.59 Å². The van der Waals surface area contributed by atoms with Gasteiger partial charge in [-0.2, -0.15) is 5.10 Å². The van der Waals surface area contributed by atoms with Crippen LogP contribution in [0, 0.1) is 0 Å². The van der Waals surface area contributed by atoms with Gasteiger partial charge in [-0.05, 0) is 18.2 Å². The predicted octanol–water partition coefficient (Wildman–Crippen LogP) is 0.972. The lowest BCUT2D eigenvalue weighted by Crippen LogP contribution is -2.25. The molecule has 1 aromatic heterocycles. The Morgan fingerprint density at radius 2 is 2.22 bits per heavy atom. The molecule has 1 aliphatic heterocycles. The van der Waals surface area contributed by atoms with Crippen molar-refractivity contribution in [2.24, 2.45) is 0 Å². The highest BCUT2D eigenvalue weighted by Crippen LogP contribution is 2.29. The monoisotopic (exact) mass is 243 g/mol. The van der Waals surface area contributed by atoms with Crippen LogP contribution in [0.5, 0.6) is 5.75 Å². The number of benzene rings is 1. The number of ketones is 1. The van der Waals surface area contributed by atoms with Gasteiger partial charge in [0.05, 0.1) is 17.4 Å². The lowest BCUT2D eigenvalue weighted by atomic mass is 10.1. The maximum Gasteiger partial charge on any atom is 0.262 e. The molecule has 1 amide bonds. The van der Waals surface area contributed by atoms with Crippen molar-refractivity contribution in [3.63, 3.8) is 0 Å². The zero-order valence-electron chi connectivity index (χ0n) is 9.27. The molecule has 0 atom stereocenters. The number of hydrogen-bond acceptors (Lipinski definition) is 4. The van der Waals surface area contributed by atoms with Crippen molar-refractivity contribution >= 4 is 17.4 Å². The molecule has 0 bridgehead atoms.